The molecule has 0 amide bonds. The van der Waals surface area contributed by atoms with Crippen molar-refractivity contribution < 1.29 is 13.2 Å². The maximum atomic E-state index is 12.2. The van der Waals surface area contributed by atoms with Crippen molar-refractivity contribution in [2.45, 2.75) is 4.90 Å². The number of hydrogen-bond donors (Lipinski definition) is 2. The van der Waals surface area contributed by atoms with Crippen molar-refractivity contribution in [3.05, 3.63) is 36.0 Å². The van der Waals surface area contributed by atoms with Crippen LogP contribution in [0.4, 0.5) is 17.5 Å². The van der Waals surface area contributed by atoms with Crippen molar-refractivity contribution in [2.75, 3.05) is 63.7 Å². The van der Waals surface area contributed by atoms with E-state index in [1.165, 1.54) is 25.4 Å². The molecule has 2 heterocycles. The zero-order valence-electron chi connectivity index (χ0n) is 17.0. The minimum atomic E-state index is -3.59. The quantitative estimate of drug-likeness (QED) is 0.583. The Hall–Kier alpha value is -2.78. The van der Waals surface area contributed by atoms with Crippen LogP contribution in [-0.4, -0.2) is 76.8 Å². The summed E-state index contributed by atoms with van der Waals surface area (Å²) in [6.45, 7) is 3.85. The van der Waals surface area contributed by atoms with Crippen molar-refractivity contribution in [1.29, 1.82) is 5.26 Å². The minimum Gasteiger partial charge on any atom is -0.383 e. The monoisotopic (exact) mass is 431 g/mol. The van der Waals surface area contributed by atoms with Gasteiger partial charge in [0.2, 0.25) is 16.0 Å². The first-order chi connectivity index (χ1) is 14.4. The molecule has 0 atom stereocenters. The van der Waals surface area contributed by atoms with Crippen LogP contribution < -0.4 is 14.9 Å². The van der Waals surface area contributed by atoms with Gasteiger partial charge in [0.1, 0.15) is 11.6 Å². The lowest BCUT2D eigenvalue weighted by molar-refractivity contribution is 0.204. The third kappa shape index (κ3) is 5.43. The molecule has 1 saturated heterocycles. The lowest BCUT2D eigenvalue weighted by Gasteiger charge is -2.33. The van der Waals surface area contributed by atoms with Crippen LogP contribution in [0, 0.1) is 11.3 Å². The van der Waals surface area contributed by atoms with Gasteiger partial charge >= 0.3 is 0 Å². The molecule has 1 aromatic carbocycles. The normalized spacial score (nSPS) is 15.0. The number of benzene rings is 1. The van der Waals surface area contributed by atoms with E-state index in [9.17, 15) is 13.7 Å². The maximum absolute atomic E-state index is 12.2. The van der Waals surface area contributed by atoms with Crippen LogP contribution in [0.15, 0.2) is 35.4 Å². The molecule has 2 N–H and O–H groups in total. The van der Waals surface area contributed by atoms with Gasteiger partial charge in [-0.15, -0.1) is 0 Å². The summed E-state index contributed by atoms with van der Waals surface area (Å²) in [6.07, 6.45) is 1.50. The van der Waals surface area contributed by atoms with E-state index < -0.39 is 10.0 Å². The number of ether oxygens (including phenoxy) is 1. The van der Waals surface area contributed by atoms with Gasteiger partial charge in [-0.05, 0) is 31.3 Å². The molecule has 11 heteroatoms. The Morgan fingerprint density at radius 3 is 2.53 bits per heavy atom. The highest BCUT2D eigenvalue weighted by Crippen LogP contribution is 2.22. The van der Waals surface area contributed by atoms with Gasteiger partial charge in [-0.25, -0.2) is 18.1 Å². The Labute approximate surface area is 176 Å². The molecule has 1 fully saturated rings. The topological polar surface area (TPSA) is 123 Å². The summed E-state index contributed by atoms with van der Waals surface area (Å²) in [7, 11) is -0.0216. The van der Waals surface area contributed by atoms with Crippen LogP contribution in [0.5, 0.6) is 0 Å². The van der Waals surface area contributed by atoms with Gasteiger partial charge in [0.25, 0.3) is 0 Å². The number of nitrogens with one attached hydrogen (secondary N) is 2. The second-order valence-corrected chi connectivity index (χ2v) is 8.64. The SMILES string of the molecule is COCCNS(=O)(=O)c1ccc(Nc2ncc(C#N)c(N3CCN(C)CC3)n2)cc1. The number of nitriles is 1. The molecule has 0 bridgehead atoms. The molecule has 10 nitrogen and oxygen atoms in total. The van der Waals surface area contributed by atoms with E-state index in [-0.39, 0.29) is 11.4 Å². The van der Waals surface area contributed by atoms with Crippen molar-refractivity contribution in [2.24, 2.45) is 0 Å². The maximum Gasteiger partial charge on any atom is 0.240 e. The average molecular weight is 432 g/mol. The summed E-state index contributed by atoms with van der Waals surface area (Å²) >= 11 is 0. The first-order valence-corrected chi connectivity index (χ1v) is 11.0. The summed E-state index contributed by atoms with van der Waals surface area (Å²) in [5.74, 6) is 0.946. The van der Waals surface area contributed by atoms with E-state index in [4.69, 9.17) is 4.74 Å². The number of likely N-dealkylation sites (N-methyl/N-ethyl adjacent to an activating group) is 1. The first-order valence-electron chi connectivity index (χ1n) is 9.49. The summed E-state index contributed by atoms with van der Waals surface area (Å²) in [4.78, 5) is 13.2. The van der Waals surface area contributed by atoms with Crippen LogP contribution in [0.3, 0.4) is 0 Å². The van der Waals surface area contributed by atoms with Crippen LogP contribution >= 0.6 is 0 Å². The molecule has 160 valence electrons. The number of nitrogens with zero attached hydrogens (tertiary/aromatic N) is 5. The van der Waals surface area contributed by atoms with E-state index in [1.807, 2.05) is 0 Å². The van der Waals surface area contributed by atoms with Crippen molar-refractivity contribution >= 4 is 27.5 Å². The number of piperazine rings is 1. The summed E-state index contributed by atoms with van der Waals surface area (Å²) < 4.78 is 31.8. The van der Waals surface area contributed by atoms with Gasteiger partial charge in [0.05, 0.1) is 17.7 Å². The predicted octanol–water partition coefficient (Wildman–Crippen LogP) is 0.768. The fourth-order valence-electron chi connectivity index (χ4n) is 2.98. The molecule has 2 aromatic rings. The molecule has 0 saturated carbocycles. The van der Waals surface area contributed by atoms with E-state index in [0.29, 0.717) is 29.6 Å². The van der Waals surface area contributed by atoms with Crippen LogP contribution in [0.1, 0.15) is 5.56 Å². The average Bonchev–Trinajstić information content (AvgIpc) is 2.75. The second kappa shape index (κ2) is 9.82. The lowest BCUT2D eigenvalue weighted by atomic mass is 10.2. The predicted molar refractivity (Wildman–Crippen MR) is 113 cm³/mol. The van der Waals surface area contributed by atoms with Crippen LogP contribution in [0.25, 0.3) is 0 Å². The minimum absolute atomic E-state index is 0.156. The number of anilines is 3. The Kier molecular flexibility index (Phi) is 7.17. The Bertz CT molecular complexity index is 998. The number of sulfonamides is 1. The molecule has 30 heavy (non-hydrogen) atoms. The fraction of sp³-hybridized carbons (Fsp3) is 0.421. The third-order valence-electron chi connectivity index (χ3n) is 4.71. The number of aromatic nitrogens is 2. The smallest absolute Gasteiger partial charge is 0.240 e. The summed E-state index contributed by atoms with van der Waals surface area (Å²) in [6, 6.07) is 8.44. The van der Waals surface area contributed by atoms with Crippen LogP contribution in [0.2, 0.25) is 0 Å². The highest BCUT2D eigenvalue weighted by molar-refractivity contribution is 7.89. The highest BCUT2D eigenvalue weighted by Gasteiger charge is 2.19. The van der Waals surface area contributed by atoms with E-state index in [0.717, 1.165) is 26.2 Å². The summed E-state index contributed by atoms with van der Waals surface area (Å²) in [5.41, 5.74) is 1.06. The number of rotatable bonds is 8. The van der Waals surface area contributed by atoms with Gasteiger partial charge < -0.3 is 19.9 Å². The van der Waals surface area contributed by atoms with E-state index in [2.05, 4.69) is 42.9 Å². The van der Waals surface area contributed by atoms with Gasteiger partial charge in [-0.3, -0.25) is 0 Å². The lowest BCUT2D eigenvalue weighted by Crippen LogP contribution is -2.45. The Balaban J connectivity index is 1.73. The zero-order chi connectivity index (χ0) is 21.6. The molecule has 0 radical (unpaired) electrons. The molecule has 0 unspecified atom stereocenters. The molecule has 1 aliphatic rings. The highest BCUT2D eigenvalue weighted by atomic mass is 32.2. The standard InChI is InChI=1S/C19H25N7O3S/c1-25-8-10-26(11-9-25)18-15(13-20)14-21-19(24-18)23-16-3-5-17(6-4-16)30(27,28)22-7-12-29-2/h3-6,14,22H,7-12H2,1-2H3,(H,21,23,24). The molecule has 0 spiro atoms. The Morgan fingerprint density at radius 2 is 1.90 bits per heavy atom. The number of hydrogen-bond acceptors (Lipinski definition) is 9. The zero-order valence-corrected chi connectivity index (χ0v) is 17.8. The molecule has 1 aliphatic heterocycles. The van der Waals surface area contributed by atoms with E-state index in [1.54, 1.807) is 12.1 Å². The molecule has 1 aromatic heterocycles. The van der Waals surface area contributed by atoms with E-state index >= 15 is 0 Å². The molecule has 0 aliphatic carbocycles. The van der Waals surface area contributed by atoms with Crippen LogP contribution in [-0.2, 0) is 14.8 Å². The Morgan fingerprint density at radius 1 is 1.20 bits per heavy atom. The van der Waals surface area contributed by atoms with Gasteiger partial charge in [0.15, 0.2) is 5.82 Å². The van der Waals surface area contributed by atoms with Crippen molar-refractivity contribution in [3.63, 3.8) is 0 Å². The summed E-state index contributed by atoms with van der Waals surface area (Å²) in [5, 5.41) is 12.5. The third-order valence-corrected chi connectivity index (χ3v) is 6.19. The van der Waals surface area contributed by atoms with Gasteiger partial charge in [-0.2, -0.15) is 10.2 Å². The second-order valence-electron chi connectivity index (χ2n) is 6.87. The van der Waals surface area contributed by atoms with Crippen molar-refractivity contribution in [3.8, 4) is 6.07 Å². The van der Waals surface area contributed by atoms with Crippen molar-refractivity contribution in [1.82, 2.24) is 19.6 Å². The largest absolute Gasteiger partial charge is 0.383 e. The fourth-order valence-corrected chi connectivity index (χ4v) is 3.99. The molecular formula is C19H25N7O3S. The van der Waals surface area contributed by atoms with Gasteiger partial charge in [0, 0.05) is 45.5 Å². The van der Waals surface area contributed by atoms with Gasteiger partial charge in [-0.1, -0.05) is 0 Å². The molecular weight excluding hydrogens is 406 g/mol. The molecule has 3 rings (SSSR count). The number of methoxy groups -OCH3 is 1. The first kappa shape index (κ1) is 21.9.